The third kappa shape index (κ3) is 1.35. The summed E-state index contributed by atoms with van der Waals surface area (Å²) in [5, 5.41) is 3.66. The standard InChI is InChI=1S/C14H8N4O/c15-13-10-5-7-1-2-11-8(3-4-16-11)9(7)6-12(10)17-14(19)18-13/h1-6H,(H2,15,18,19). The molecule has 2 aliphatic rings. The van der Waals surface area contributed by atoms with Gasteiger partial charge in [-0.05, 0) is 35.0 Å². The highest BCUT2D eigenvalue weighted by Gasteiger charge is 2.13. The van der Waals surface area contributed by atoms with E-state index in [9.17, 15) is 4.79 Å². The largest absolute Gasteiger partial charge is 0.383 e. The van der Waals surface area contributed by atoms with Crippen molar-refractivity contribution >= 4 is 40.6 Å². The van der Waals surface area contributed by atoms with Gasteiger partial charge in [-0.2, -0.15) is 9.98 Å². The minimum atomic E-state index is -0.558. The molecule has 0 saturated heterocycles. The lowest BCUT2D eigenvalue weighted by Gasteiger charge is -2.08. The van der Waals surface area contributed by atoms with Crippen molar-refractivity contribution in [3.05, 3.63) is 40.4 Å². The summed E-state index contributed by atoms with van der Waals surface area (Å²) >= 11 is 0. The predicted molar refractivity (Wildman–Crippen MR) is 73.5 cm³/mol. The fourth-order valence-electron chi connectivity index (χ4n) is 2.44. The first-order valence-electron chi connectivity index (χ1n) is 5.81. The average Bonchev–Trinajstić information content (AvgIpc) is 2.85. The zero-order chi connectivity index (χ0) is 13.0. The van der Waals surface area contributed by atoms with Gasteiger partial charge in [0.05, 0.1) is 11.0 Å². The molecule has 2 N–H and O–H groups in total. The number of nitrogens with zero attached hydrogens (tertiary/aromatic N) is 3. The van der Waals surface area contributed by atoms with Crippen LogP contribution in [-0.4, -0.2) is 18.1 Å². The number of carbonyl (C=O) groups is 1. The summed E-state index contributed by atoms with van der Waals surface area (Å²) in [4.78, 5) is 23.2. The lowest BCUT2D eigenvalue weighted by molar-refractivity contribution is 0.256. The number of nitrogens with two attached hydrogens (primary N) is 1. The number of benzene rings is 2. The summed E-state index contributed by atoms with van der Waals surface area (Å²) in [5.41, 5.74) is 7.40. The molecule has 2 aromatic carbocycles. The second-order valence-electron chi connectivity index (χ2n) is 4.43. The van der Waals surface area contributed by atoms with Gasteiger partial charge in [0.2, 0.25) is 0 Å². The molecule has 4 rings (SSSR count). The van der Waals surface area contributed by atoms with Gasteiger partial charge in [0.15, 0.2) is 0 Å². The first-order valence-corrected chi connectivity index (χ1v) is 5.81. The van der Waals surface area contributed by atoms with E-state index in [0.29, 0.717) is 10.9 Å². The summed E-state index contributed by atoms with van der Waals surface area (Å²) in [5.74, 6) is 0.220. The number of fused-ring (bicyclic) bond motifs is 4. The van der Waals surface area contributed by atoms with Crippen LogP contribution in [-0.2, 0) is 0 Å². The van der Waals surface area contributed by atoms with Crippen LogP contribution < -0.4 is 16.3 Å². The van der Waals surface area contributed by atoms with Crippen molar-refractivity contribution in [3.63, 3.8) is 0 Å². The Kier molecular flexibility index (Phi) is 1.79. The Morgan fingerprint density at radius 1 is 1.11 bits per heavy atom. The molecule has 0 fully saturated rings. The highest BCUT2D eigenvalue weighted by atomic mass is 16.2. The predicted octanol–water partition coefficient (Wildman–Crippen LogP) is 0.795. The van der Waals surface area contributed by atoms with Gasteiger partial charge in [-0.15, -0.1) is 0 Å². The van der Waals surface area contributed by atoms with Crippen molar-refractivity contribution in [2.75, 3.05) is 0 Å². The van der Waals surface area contributed by atoms with Gasteiger partial charge in [0.25, 0.3) is 0 Å². The highest BCUT2D eigenvalue weighted by molar-refractivity contribution is 6.09. The maximum atomic E-state index is 11.3. The Morgan fingerprint density at radius 3 is 2.89 bits per heavy atom. The number of urea groups is 1. The van der Waals surface area contributed by atoms with E-state index < -0.39 is 6.03 Å². The fourth-order valence-corrected chi connectivity index (χ4v) is 2.44. The molecule has 0 spiro atoms. The van der Waals surface area contributed by atoms with Crippen LogP contribution in [0.1, 0.15) is 5.56 Å². The van der Waals surface area contributed by atoms with Crippen molar-refractivity contribution < 1.29 is 4.79 Å². The van der Waals surface area contributed by atoms with E-state index in [1.165, 1.54) is 0 Å². The van der Waals surface area contributed by atoms with Crippen molar-refractivity contribution in [1.29, 1.82) is 0 Å². The minimum Gasteiger partial charge on any atom is -0.383 e. The summed E-state index contributed by atoms with van der Waals surface area (Å²) in [6.07, 6.45) is 3.72. The fraction of sp³-hybridized carbons (Fsp3) is 0. The molecular formula is C14H8N4O. The molecule has 19 heavy (non-hydrogen) atoms. The zero-order valence-electron chi connectivity index (χ0n) is 9.79. The number of carbonyl (C=O) groups excluding carboxylic acids is 1. The van der Waals surface area contributed by atoms with E-state index >= 15 is 0 Å². The lowest BCUT2D eigenvalue weighted by atomic mass is 10.0. The maximum Gasteiger partial charge on any atom is 0.369 e. The molecule has 5 nitrogen and oxygen atoms in total. The molecule has 5 heteroatoms. The van der Waals surface area contributed by atoms with Gasteiger partial charge in [-0.1, -0.05) is 6.07 Å². The van der Waals surface area contributed by atoms with Gasteiger partial charge < -0.3 is 5.73 Å². The van der Waals surface area contributed by atoms with Gasteiger partial charge in [-0.3, -0.25) is 4.99 Å². The average molecular weight is 248 g/mol. The van der Waals surface area contributed by atoms with Gasteiger partial charge >= 0.3 is 6.03 Å². The van der Waals surface area contributed by atoms with Crippen LogP contribution in [0.25, 0.3) is 16.8 Å². The van der Waals surface area contributed by atoms with Crippen molar-refractivity contribution in [3.8, 4) is 0 Å². The molecule has 0 unspecified atom stereocenters. The molecule has 0 atom stereocenters. The quantitative estimate of drug-likeness (QED) is 0.748. The first-order chi connectivity index (χ1) is 9.22. The first kappa shape index (κ1) is 10.1. The highest BCUT2D eigenvalue weighted by Crippen LogP contribution is 2.17. The molecule has 2 aromatic rings. The number of rotatable bonds is 0. The number of hydrogen-bond acceptors (Lipinski definition) is 3. The molecule has 0 saturated carbocycles. The summed E-state index contributed by atoms with van der Waals surface area (Å²) in [6, 6.07) is 7.16. The summed E-state index contributed by atoms with van der Waals surface area (Å²) in [7, 11) is 0. The lowest BCUT2D eigenvalue weighted by Crippen LogP contribution is -2.28. The van der Waals surface area contributed by atoms with Gasteiger partial charge in [0.1, 0.15) is 5.84 Å². The normalized spacial score (nSPS) is 15.6. The summed E-state index contributed by atoms with van der Waals surface area (Å²) in [6.45, 7) is 0. The van der Waals surface area contributed by atoms with Crippen molar-refractivity contribution in [2.45, 2.75) is 0 Å². The van der Waals surface area contributed by atoms with Gasteiger partial charge in [0, 0.05) is 17.0 Å². The van der Waals surface area contributed by atoms with Crippen LogP contribution in [0.3, 0.4) is 0 Å². The number of amidine groups is 1. The summed E-state index contributed by atoms with van der Waals surface area (Å²) < 4.78 is 0. The topological polar surface area (TPSA) is 80.2 Å². The Labute approximate surface area is 107 Å². The van der Waals surface area contributed by atoms with E-state index in [2.05, 4.69) is 15.0 Å². The van der Waals surface area contributed by atoms with Crippen molar-refractivity contribution in [2.24, 2.45) is 20.7 Å². The molecule has 0 aromatic heterocycles. The Bertz CT molecular complexity index is 938. The Hall–Kier alpha value is -2.82. The monoisotopic (exact) mass is 248 g/mol. The molecule has 2 heterocycles. The minimum absolute atomic E-state index is 0.220. The van der Waals surface area contributed by atoms with Crippen LogP contribution in [0.15, 0.2) is 39.2 Å². The van der Waals surface area contributed by atoms with E-state index in [0.717, 1.165) is 21.7 Å². The molecule has 2 aliphatic heterocycles. The van der Waals surface area contributed by atoms with E-state index in [1.54, 1.807) is 6.21 Å². The second-order valence-corrected chi connectivity index (χ2v) is 4.43. The second kappa shape index (κ2) is 3.35. The zero-order valence-corrected chi connectivity index (χ0v) is 9.79. The van der Waals surface area contributed by atoms with E-state index in [-0.39, 0.29) is 5.84 Å². The molecule has 0 radical (unpaired) electrons. The molecular weight excluding hydrogens is 240 g/mol. The van der Waals surface area contributed by atoms with Crippen LogP contribution in [0, 0.1) is 0 Å². The Balaban J connectivity index is 2.19. The molecule has 90 valence electrons. The SMILES string of the molecule is NC1=NC(=O)N=c2cc3c4c(ccc3cc21)N=CC=4. The molecule has 0 aliphatic carbocycles. The van der Waals surface area contributed by atoms with E-state index in [1.807, 2.05) is 30.3 Å². The third-order valence-corrected chi connectivity index (χ3v) is 3.32. The van der Waals surface area contributed by atoms with Crippen LogP contribution in [0.4, 0.5) is 10.5 Å². The number of hydrogen-bond donors (Lipinski definition) is 1. The maximum absolute atomic E-state index is 11.3. The smallest absolute Gasteiger partial charge is 0.369 e. The molecule has 2 amide bonds. The van der Waals surface area contributed by atoms with Gasteiger partial charge in [-0.25, -0.2) is 4.79 Å². The van der Waals surface area contributed by atoms with Crippen molar-refractivity contribution in [1.82, 2.24) is 0 Å². The number of amides is 2. The Morgan fingerprint density at radius 2 is 2.00 bits per heavy atom. The van der Waals surface area contributed by atoms with E-state index in [4.69, 9.17) is 5.73 Å². The van der Waals surface area contributed by atoms with Crippen LogP contribution in [0.2, 0.25) is 0 Å². The third-order valence-electron chi connectivity index (χ3n) is 3.32. The van der Waals surface area contributed by atoms with Crippen LogP contribution >= 0.6 is 0 Å². The number of aliphatic imine (C=N–C) groups is 2. The van der Waals surface area contributed by atoms with Crippen LogP contribution in [0.5, 0.6) is 0 Å². The molecule has 0 bridgehead atoms.